The molecule has 7 nitrogen and oxygen atoms in total. The Labute approximate surface area is 236 Å². The molecule has 2 amide bonds. The molecule has 3 rings (SSSR count). The van der Waals surface area contributed by atoms with Crippen LogP contribution in [0.15, 0.2) is 72.8 Å². The third-order valence-electron chi connectivity index (χ3n) is 6.41. The minimum absolute atomic E-state index is 0.0440. The van der Waals surface area contributed by atoms with Gasteiger partial charge in [0.1, 0.15) is 11.9 Å². The van der Waals surface area contributed by atoms with Crippen molar-refractivity contribution in [3.8, 4) is 11.5 Å². The van der Waals surface area contributed by atoms with Gasteiger partial charge in [0.05, 0.1) is 26.7 Å². The molecule has 1 N–H and O–H groups in total. The van der Waals surface area contributed by atoms with Crippen molar-refractivity contribution in [1.82, 2.24) is 10.2 Å². The molecule has 0 heterocycles. The lowest BCUT2D eigenvalue weighted by Gasteiger charge is -2.32. The summed E-state index contributed by atoms with van der Waals surface area (Å²) in [4.78, 5) is 29.1. The van der Waals surface area contributed by atoms with Gasteiger partial charge in [-0.25, -0.2) is 4.39 Å². The normalized spacial score (nSPS) is 11.7. The van der Waals surface area contributed by atoms with E-state index in [-0.39, 0.29) is 36.7 Å². The minimum Gasteiger partial charge on any atom is -0.493 e. The van der Waals surface area contributed by atoms with Gasteiger partial charge >= 0.3 is 0 Å². The summed E-state index contributed by atoms with van der Waals surface area (Å²) in [6.07, 6.45) is 1.14. The summed E-state index contributed by atoms with van der Waals surface area (Å²) < 4.78 is 30.0. The average molecular weight is 551 g/mol. The number of methoxy groups -OCH3 is 2. The Morgan fingerprint density at radius 2 is 1.55 bits per heavy atom. The van der Waals surface area contributed by atoms with Crippen molar-refractivity contribution in [1.29, 1.82) is 0 Å². The molecule has 0 saturated carbocycles. The maximum Gasteiger partial charge on any atom is 0.243 e. The Hall–Kier alpha value is -3.91. The highest BCUT2D eigenvalue weighted by molar-refractivity contribution is 5.88. The van der Waals surface area contributed by atoms with Crippen LogP contribution in [0, 0.1) is 5.82 Å². The highest BCUT2D eigenvalue weighted by atomic mass is 19.1. The van der Waals surface area contributed by atoms with Gasteiger partial charge in [0, 0.05) is 26.1 Å². The number of nitrogens with zero attached hydrogens (tertiary/aromatic N) is 1. The standard InChI is InChI=1S/C32H39FN2O5/c1-23(2)40-18-8-17-34-32(37)28(19-24-9-6-5-7-10-24)35(22-25-11-14-27(33)15-12-25)31(36)21-26-13-16-29(38-3)30(20-26)39-4/h5-7,9-16,20,23,28H,8,17-19,21-22H2,1-4H3,(H,34,37)/t28-/m0/s1. The number of halogens is 1. The van der Waals surface area contributed by atoms with E-state index >= 15 is 0 Å². The predicted octanol–water partition coefficient (Wildman–Crippen LogP) is 4.96. The third kappa shape index (κ3) is 9.38. The van der Waals surface area contributed by atoms with E-state index in [1.54, 1.807) is 42.3 Å². The van der Waals surface area contributed by atoms with Crippen LogP contribution < -0.4 is 14.8 Å². The molecule has 0 saturated heterocycles. The van der Waals surface area contributed by atoms with Crippen LogP contribution >= 0.6 is 0 Å². The average Bonchev–Trinajstić information content (AvgIpc) is 2.95. The molecule has 0 aliphatic carbocycles. The van der Waals surface area contributed by atoms with Gasteiger partial charge in [0.15, 0.2) is 11.5 Å². The second-order valence-corrected chi connectivity index (χ2v) is 9.78. The quantitative estimate of drug-likeness (QED) is 0.271. The van der Waals surface area contributed by atoms with Crippen molar-refractivity contribution in [2.75, 3.05) is 27.4 Å². The number of carbonyl (C=O) groups excluding carboxylic acids is 2. The maximum absolute atomic E-state index is 13.9. The molecule has 8 heteroatoms. The number of benzene rings is 3. The van der Waals surface area contributed by atoms with Crippen molar-refractivity contribution in [2.24, 2.45) is 0 Å². The number of amides is 2. The summed E-state index contributed by atoms with van der Waals surface area (Å²) in [5, 5.41) is 2.99. The number of ether oxygens (including phenoxy) is 3. The summed E-state index contributed by atoms with van der Waals surface area (Å²) in [6, 6.07) is 20.1. The van der Waals surface area contributed by atoms with Crippen molar-refractivity contribution in [2.45, 2.75) is 51.8 Å². The molecule has 0 radical (unpaired) electrons. The third-order valence-corrected chi connectivity index (χ3v) is 6.41. The number of rotatable bonds is 15. The summed E-state index contributed by atoms with van der Waals surface area (Å²) >= 11 is 0. The molecule has 40 heavy (non-hydrogen) atoms. The monoisotopic (exact) mass is 550 g/mol. The zero-order valence-corrected chi connectivity index (χ0v) is 23.7. The SMILES string of the molecule is COc1ccc(CC(=O)N(Cc2ccc(F)cc2)[C@@H](Cc2ccccc2)C(=O)NCCCOC(C)C)cc1OC. The summed E-state index contributed by atoms with van der Waals surface area (Å²) in [5.74, 6) is 0.214. The lowest BCUT2D eigenvalue weighted by molar-refractivity contribution is -0.140. The van der Waals surface area contributed by atoms with Crippen LogP contribution in [0.2, 0.25) is 0 Å². The molecule has 3 aromatic carbocycles. The molecule has 0 aliphatic rings. The fourth-order valence-corrected chi connectivity index (χ4v) is 4.33. The van der Waals surface area contributed by atoms with Crippen LogP contribution in [-0.2, 0) is 33.7 Å². The van der Waals surface area contributed by atoms with E-state index in [0.717, 1.165) is 16.7 Å². The zero-order valence-electron chi connectivity index (χ0n) is 23.7. The fourth-order valence-electron chi connectivity index (χ4n) is 4.33. The molecule has 0 spiro atoms. The van der Waals surface area contributed by atoms with E-state index in [9.17, 15) is 14.0 Å². The Morgan fingerprint density at radius 1 is 0.875 bits per heavy atom. The van der Waals surface area contributed by atoms with Crippen LogP contribution in [0.4, 0.5) is 4.39 Å². The van der Waals surface area contributed by atoms with Crippen molar-refractivity contribution in [3.63, 3.8) is 0 Å². The highest BCUT2D eigenvalue weighted by Crippen LogP contribution is 2.28. The second kappa shape index (κ2) is 15.6. The van der Waals surface area contributed by atoms with Crippen LogP contribution in [0.5, 0.6) is 11.5 Å². The molecule has 0 fully saturated rings. The number of carbonyl (C=O) groups is 2. The Morgan fingerprint density at radius 3 is 2.20 bits per heavy atom. The van der Waals surface area contributed by atoms with E-state index in [0.29, 0.717) is 37.5 Å². The molecule has 0 unspecified atom stereocenters. The highest BCUT2D eigenvalue weighted by Gasteiger charge is 2.30. The first-order valence-electron chi connectivity index (χ1n) is 13.5. The molecular weight excluding hydrogens is 511 g/mol. The first-order valence-corrected chi connectivity index (χ1v) is 13.5. The Balaban J connectivity index is 1.90. The van der Waals surface area contributed by atoms with Crippen LogP contribution in [0.1, 0.15) is 37.0 Å². The lowest BCUT2D eigenvalue weighted by atomic mass is 10.0. The topological polar surface area (TPSA) is 77.1 Å². The molecule has 0 aliphatic heterocycles. The van der Waals surface area contributed by atoms with Gasteiger partial charge in [-0.2, -0.15) is 0 Å². The largest absolute Gasteiger partial charge is 0.493 e. The summed E-state index contributed by atoms with van der Waals surface area (Å²) in [5.41, 5.74) is 2.36. The van der Waals surface area contributed by atoms with Crippen molar-refractivity contribution >= 4 is 11.8 Å². The van der Waals surface area contributed by atoms with Gasteiger partial charge in [-0.15, -0.1) is 0 Å². The number of hydrogen-bond donors (Lipinski definition) is 1. The second-order valence-electron chi connectivity index (χ2n) is 9.78. The van der Waals surface area contributed by atoms with Crippen molar-refractivity contribution < 1.29 is 28.2 Å². The summed E-state index contributed by atoms with van der Waals surface area (Å²) in [7, 11) is 3.09. The van der Waals surface area contributed by atoms with Gasteiger partial charge in [-0.1, -0.05) is 48.5 Å². The number of nitrogens with one attached hydrogen (secondary N) is 1. The Kier molecular flexibility index (Phi) is 12.0. The van der Waals surface area contributed by atoms with E-state index < -0.39 is 6.04 Å². The Bertz CT molecular complexity index is 1220. The summed E-state index contributed by atoms with van der Waals surface area (Å²) in [6.45, 7) is 5.02. The van der Waals surface area contributed by atoms with Crippen LogP contribution in [0.3, 0.4) is 0 Å². The molecular formula is C32H39FN2O5. The maximum atomic E-state index is 13.9. The van der Waals surface area contributed by atoms with Gasteiger partial charge in [-0.05, 0) is 61.2 Å². The first-order chi connectivity index (χ1) is 19.3. The van der Waals surface area contributed by atoms with E-state index in [4.69, 9.17) is 14.2 Å². The fraction of sp³-hybridized carbons (Fsp3) is 0.375. The molecule has 1 atom stereocenters. The van der Waals surface area contributed by atoms with Gasteiger partial charge in [-0.3, -0.25) is 9.59 Å². The molecule has 0 bridgehead atoms. The predicted molar refractivity (Wildman–Crippen MR) is 153 cm³/mol. The minimum atomic E-state index is -0.786. The lowest BCUT2D eigenvalue weighted by Crippen LogP contribution is -2.51. The van der Waals surface area contributed by atoms with E-state index in [2.05, 4.69) is 5.32 Å². The van der Waals surface area contributed by atoms with Gasteiger partial charge in [0.25, 0.3) is 0 Å². The van der Waals surface area contributed by atoms with Gasteiger partial charge < -0.3 is 24.4 Å². The zero-order chi connectivity index (χ0) is 28.9. The van der Waals surface area contributed by atoms with Crippen LogP contribution in [0.25, 0.3) is 0 Å². The van der Waals surface area contributed by atoms with E-state index in [1.807, 2.05) is 44.2 Å². The molecule has 214 valence electrons. The molecule has 3 aromatic rings. The molecule has 0 aromatic heterocycles. The van der Waals surface area contributed by atoms with Crippen LogP contribution in [-0.4, -0.2) is 56.2 Å². The number of hydrogen-bond acceptors (Lipinski definition) is 5. The first kappa shape index (κ1) is 30.6. The van der Waals surface area contributed by atoms with E-state index in [1.165, 1.54) is 19.2 Å². The smallest absolute Gasteiger partial charge is 0.243 e. The van der Waals surface area contributed by atoms with Crippen molar-refractivity contribution in [3.05, 3.63) is 95.3 Å². The van der Waals surface area contributed by atoms with Gasteiger partial charge in [0.2, 0.25) is 11.8 Å².